The van der Waals surface area contributed by atoms with Crippen molar-refractivity contribution in [2.75, 3.05) is 11.9 Å². The van der Waals surface area contributed by atoms with Crippen LogP contribution in [0.5, 0.6) is 5.75 Å². The molecule has 1 amide bonds. The van der Waals surface area contributed by atoms with E-state index in [2.05, 4.69) is 39.8 Å². The number of anilines is 1. The lowest BCUT2D eigenvalue weighted by molar-refractivity contribution is 0.102. The van der Waals surface area contributed by atoms with E-state index in [1.54, 1.807) is 12.1 Å². The topological polar surface area (TPSA) is 51.2 Å². The Morgan fingerprint density at radius 1 is 1.19 bits per heavy atom. The second-order valence-corrected chi connectivity index (χ2v) is 8.19. The standard InChI is InChI=1S/C21H21IN2O2S/c1-2-3-4-12-26-18-7-5-6-16(13-18)20(25)24-21-23-19(14-27-21)15-8-10-17(22)11-9-15/h5-11,13-14H,2-4,12H2,1H3,(H,23,24,25). The van der Waals surface area contributed by atoms with Gasteiger partial charge in [0.15, 0.2) is 5.13 Å². The fourth-order valence-electron chi connectivity index (χ4n) is 2.52. The normalized spacial score (nSPS) is 10.6. The number of thiazole rings is 1. The lowest BCUT2D eigenvalue weighted by atomic mass is 10.2. The highest BCUT2D eigenvalue weighted by Crippen LogP contribution is 2.26. The Labute approximate surface area is 177 Å². The Bertz CT molecular complexity index is 893. The third-order valence-corrected chi connectivity index (χ3v) is 5.45. The van der Waals surface area contributed by atoms with Crippen LogP contribution in [0.3, 0.4) is 0 Å². The van der Waals surface area contributed by atoms with E-state index in [9.17, 15) is 4.79 Å². The molecule has 4 nitrogen and oxygen atoms in total. The summed E-state index contributed by atoms with van der Waals surface area (Å²) in [6, 6.07) is 15.4. The number of rotatable bonds is 8. The largest absolute Gasteiger partial charge is 0.494 e. The number of nitrogens with one attached hydrogen (secondary N) is 1. The molecular formula is C21H21IN2O2S. The summed E-state index contributed by atoms with van der Waals surface area (Å²) >= 11 is 3.69. The number of carbonyl (C=O) groups is 1. The van der Waals surface area contributed by atoms with Crippen LogP contribution < -0.4 is 10.1 Å². The zero-order valence-corrected chi connectivity index (χ0v) is 18.0. The third kappa shape index (κ3) is 5.77. The molecule has 6 heteroatoms. The maximum atomic E-state index is 12.5. The van der Waals surface area contributed by atoms with Crippen molar-refractivity contribution in [3.8, 4) is 17.0 Å². The van der Waals surface area contributed by atoms with Gasteiger partial charge in [0.05, 0.1) is 12.3 Å². The molecule has 0 bridgehead atoms. The molecule has 0 aliphatic heterocycles. The van der Waals surface area contributed by atoms with Crippen molar-refractivity contribution in [2.45, 2.75) is 26.2 Å². The Morgan fingerprint density at radius 3 is 2.78 bits per heavy atom. The van der Waals surface area contributed by atoms with Gasteiger partial charge in [0.2, 0.25) is 0 Å². The predicted molar refractivity (Wildman–Crippen MR) is 120 cm³/mol. The fraction of sp³-hybridized carbons (Fsp3) is 0.238. The number of benzene rings is 2. The number of aromatic nitrogens is 1. The summed E-state index contributed by atoms with van der Waals surface area (Å²) < 4.78 is 6.90. The minimum Gasteiger partial charge on any atom is -0.494 e. The maximum absolute atomic E-state index is 12.5. The Kier molecular flexibility index (Phi) is 7.23. The maximum Gasteiger partial charge on any atom is 0.257 e. The Hall–Kier alpha value is -1.93. The molecule has 0 saturated heterocycles. The molecule has 1 aromatic heterocycles. The zero-order valence-electron chi connectivity index (χ0n) is 15.1. The molecule has 27 heavy (non-hydrogen) atoms. The van der Waals surface area contributed by atoms with Crippen molar-refractivity contribution >= 4 is 45.0 Å². The first-order valence-electron chi connectivity index (χ1n) is 8.91. The van der Waals surface area contributed by atoms with E-state index in [4.69, 9.17) is 4.74 Å². The van der Waals surface area contributed by atoms with Crippen LogP contribution in [0.15, 0.2) is 53.9 Å². The van der Waals surface area contributed by atoms with Gasteiger partial charge in [-0.3, -0.25) is 10.1 Å². The highest BCUT2D eigenvalue weighted by molar-refractivity contribution is 14.1. The van der Waals surface area contributed by atoms with E-state index in [1.165, 1.54) is 14.9 Å². The molecule has 0 aliphatic rings. The van der Waals surface area contributed by atoms with Gasteiger partial charge >= 0.3 is 0 Å². The minimum absolute atomic E-state index is 0.183. The lowest BCUT2D eigenvalue weighted by Crippen LogP contribution is -2.11. The van der Waals surface area contributed by atoms with Crippen molar-refractivity contribution in [2.24, 2.45) is 0 Å². The summed E-state index contributed by atoms with van der Waals surface area (Å²) in [6.45, 7) is 2.83. The number of ether oxygens (including phenoxy) is 1. The van der Waals surface area contributed by atoms with Gasteiger partial charge in [-0.2, -0.15) is 0 Å². The van der Waals surface area contributed by atoms with Gasteiger partial charge in [-0.25, -0.2) is 4.98 Å². The van der Waals surface area contributed by atoms with Gasteiger partial charge in [-0.15, -0.1) is 11.3 Å². The average Bonchev–Trinajstić information content (AvgIpc) is 3.14. The quantitative estimate of drug-likeness (QED) is 0.299. The summed E-state index contributed by atoms with van der Waals surface area (Å²) in [5.41, 5.74) is 2.46. The monoisotopic (exact) mass is 492 g/mol. The molecule has 0 unspecified atom stereocenters. The van der Waals surface area contributed by atoms with Gasteiger partial charge in [0, 0.05) is 20.1 Å². The van der Waals surface area contributed by atoms with Crippen molar-refractivity contribution < 1.29 is 9.53 Å². The zero-order chi connectivity index (χ0) is 19.1. The van der Waals surface area contributed by atoms with Crippen LogP contribution in [-0.2, 0) is 0 Å². The molecule has 0 spiro atoms. The highest BCUT2D eigenvalue weighted by Gasteiger charge is 2.11. The van der Waals surface area contributed by atoms with E-state index < -0.39 is 0 Å². The second kappa shape index (κ2) is 9.85. The summed E-state index contributed by atoms with van der Waals surface area (Å²) in [6.07, 6.45) is 3.32. The summed E-state index contributed by atoms with van der Waals surface area (Å²) in [4.78, 5) is 17.1. The number of hydrogen-bond donors (Lipinski definition) is 1. The third-order valence-electron chi connectivity index (χ3n) is 3.98. The predicted octanol–water partition coefficient (Wildman–Crippen LogP) is 6.24. The molecule has 140 valence electrons. The first-order chi connectivity index (χ1) is 13.2. The van der Waals surface area contributed by atoms with Crippen LogP contribution >= 0.6 is 33.9 Å². The van der Waals surface area contributed by atoms with Gasteiger partial charge in [-0.1, -0.05) is 38.0 Å². The van der Waals surface area contributed by atoms with Crippen molar-refractivity contribution in [3.63, 3.8) is 0 Å². The number of nitrogens with zero attached hydrogens (tertiary/aromatic N) is 1. The molecule has 3 aromatic rings. The molecule has 0 saturated carbocycles. The second-order valence-electron chi connectivity index (χ2n) is 6.08. The molecule has 1 N–H and O–H groups in total. The van der Waals surface area contributed by atoms with Gasteiger partial charge < -0.3 is 4.74 Å². The SMILES string of the molecule is CCCCCOc1cccc(C(=O)Nc2nc(-c3ccc(I)cc3)cs2)c1. The van der Waals surface area contributed by atoms with Crippen molar-refractivity contribution in [1.29, 1.82) is 0 Å². The summed E-state index contributed by atoms with van der Waals surface area (Å²) in [5, 5.41) is 5.41. The van der Waals surface area contributed by atoms with Crippen LogP contribution in [-0.4, -0.2) is 17.5 Å². The molecular weight excluding hydrogens is 471 g/mol. The van der Waals surface area contributed by atoms with Crippen LogP contribution in [0.25, 0.3) is 11.3 Å². The number of unbranched alkanes of at least 4 members (excludes halogenated alkanes) is 2. The number of carbonyl (C=O) groups excluding carboxylic acids is 1. The first kappa shape index (κ1) is 19.8. The molecule has 0 fully saturated rings. The van der Waals surface area contributed by atoms with Gasteiger partial charge in [0.1, 0.15) is 5.75 Å². The fourth-order valence-corrected chi connectivity index (χ4v) is 3.60. The van der Waals surface area contributed by atoms with Crippen molar-refractivity contribution in [3.05, 3.63) is 63.0 Å². The lowest BCUT2D eigenvalue weighted by Gasteiger charge is -2.07. The summed E-state index contributed by atoms with van der Waals surface area (Å²) in [7, 11) is 0. The van der Waals surface area contributed by atoms with E-state index in [0.29, 0.717) is 17.3 Å². The summed E-state index contributed by atoms with van der Waals surface area (Å²) in [5.74, 6) is 0.537. The Balaban J connectivity index is 1.63. The van der Waals surface area contributed by atoms with Gasteiger partial charge in [0.25, 0.3) is 5.91 Å². The molecule has 3 rings (SSSR count). The highest BCUT2D eigenvalue weighted by atomic mass is 127. The molecule has 0 aliphatic carbocycles. The van der Waals surface area contributed by atoms with Gasteiger partial charge in [-0.05, 0) is 59.3 Å². The number of amides is 1. The van der Waals surface area contributed by atoms with Crippen LogP contribution in [0.2, 0.25) is 0 Å². The van der Waals surface area contributed by atoms with E-state index in [1.807, 2.05) is 41.8 Å². The molecule has 0 atom stereocenters. The molecule has 2 aromatic carbocycles. The van der Waals surface area contributed by atoms with E-state index >= 15 is 0 Å². The van der Waals surface area contributed by atoms with Crippen LogP contribution in [0.1, 0.15) is 36.5 Å². The Morgan fingerprint density at radius 2 is 2.00 bits per heavy atom. The van der Waals surface area contributed by atoms with Crippen LogP contribution in [0, 0.1) is 3.57 Å². The van der Waals surface area contributed by atoms with Crippen molar-refractivity contribution in [1.82, 2.24) is 4.98 Å². The molecule has 0 radical (unpaired) electrons. The number of halogens is 1. The smallest absolute Gasteiger partial charge is 0.257 e. The first-order valence-corrected chi connectivity index (χ1v) is 10.9. The average molecular weight is 492 g/mol. The van der Waals surface area contributed by atoms with E-state index in [0.717, 1.165) is 36.3 Å². The van der Waals surface area contributed by atoms with Crippen LogP contribution in [0.4, 0.5) is 5.13 Å². The minimum atomic E-state index is -0.183. The van der Waals surface area contributed by atoms with E-state index in [-0.39, 0.29) is 5.91 Å². The molecule has 1 heterocycles. The number of hydrogen-bond acceptors (Lipinski definition) is 4.